The lowest BCUT2D eigenvalue weighted by atomic mass is 9.81. The second-order valence-corrected chi connectivity index (χ2v) is 9.26. The van der Waals surface area contributed by atoms with Crippen molar-refractivity contribution in [2.45, 2.75) is 33.4 Å². The Hall–Kier alpha value is -3.32. The normalized spacial score (nSPS) is 14.1. The van der Waals surface area contributed by atoms with E-state index in [1.54, 1.807) is 19.2 Å². The average Bonchev–Trinajstić information content (AvgIpc) is 3.16. The van der Waals surface area contributed by atoms with Crippen molar-refractivity contribution < 1.29 is 9.53 Å². The summed E-state index contributed by atoms with van der Waals surface area (Å²) in [5, 5.41) is 9.47. The Bertz CT molecular complexity index is 1290. The van der Waals surface area contributed by atoms with Crippen molar-refractivity contribution in [3.63, 3.8) is 0 Å². The highest BCUT2D eigenvalue weighted by Crippen LogP contribution is 2.41. The Morgan fingerprint density at radius 2 is 1.72 bits per heavy atom. The zero-order valence-electron chi connectivity index (χ0n) is 18.3. The monoisotopic (exact) mass is 453 g/mol. The van der Waals surface area contributed by atoms with Gasteiger partial charge in [-0.15, -0.1) is 0 Å². The molecule has 1 unspecified atom stereocenters. The van der Waals surface area contributed by atoms with Gasteiger partial charge in [-0.3, -0.25) is 14.4 Å². The second-order valence-electron chi connectivity index (χ2n) is 8.85. The summed E-state index contributed by atoms with van der Waals surface area (Å²) >= 11 is 6.21. The van der Waals surface area contributed by atoms with Gasteiger partial charge < -0.3 is 20.7 Å². The highest BCUT2D eigenvalue weighted by Gasteiger charge is 2.33. The molecule has 4 rings (SSSR count). The third-order valence-corrected chi connectivity index (χ3v) is 6.04. The van der Waals surface area contributed by atoms with Crippen molar-refractivity contribution in [3.8, 4) is 5.75 Å². The van der Waals surface area contributed by atoms with Gasteiger partial charge in [0.15, 0.2) is 0 Å². The molecule has 3 N–H and O–H groups in total. The van der Waals surface area contributed by atoms with E-state index in [0.717, 1.165) is 5.56 Å². The first-order valence-electron chi connectivity index (χ1n) is 10.2. The molecule has 8 heteroatoms. The topological polar surface area (TPSA) is 96.5 Å². The van der Waals surface area contributed by atoms with Crippen molar-refractivity contribution in [2.24, 2.45) is 5.41 Å². The van der Waals surface area contributed by atoms with Crippen LogP contribution in [0.3, 0.4) is 0 Å². The maximum Gasteiger partial charge on any atom is 0.254 e. The standard InChI is InChI=1S/C24H24ClN3O4/c1-24(2,3)22(12-7-5-6-8-16(12)32-4)28-19-18(20(29)21(19)30)27-15-10-9-14(25)13-11-26-23(31)17(13)15/h5-10,22,27-28H,11H2,1-4H3,(H,26,31). The van der Waals surface area contributed by atoms with E-state index in [9.17, 15) is 14.4 Å². The number of halogens is 1. The van der Waals surface area contributed by atoms with Crippen LogP contribution in [0.15, 0.2) is 46.0 Å². The Morgan fingerprint density at radius 1 is 1.03 bits per heavy atom. The van der Waals surface area contributed by atoms with Gasteiger partial charge in [0.25, 0.3) is 16.8 Å². The second kappa shape index (κ2) is 7.98. The number of ether oxygens (including phenoxy) is 1. The first-order chi connectivity index (χ1) is 15.1. The maximum absolute atomic E-state index is 12.5. The lowest BCUT2D eigenvalue weighted by Crippen LogP contribution is -2.39. The number of para-hydroxylation sites is 1. The number of rotatable bonds is 6. The lowest BCUT2D eigenvalue weighted by Gasteiger charge is -2.34. The highest BCUT2D eigenvalue weighted by atomic mass is 35.5. The summed E-state index contributed by atoms with van der Waals surface area (Å²) in [7, 11) is 1.59. The van der Waals surface area contributed by atoms with Gasteiger partial charge in [0.05, 0.1) is 24.4 Å². The predicted octanol–water partition coefficient (Wildman–Crippen LogP) is 4.13. The van der Waals surface area contributed by atoms with Crippen molar-refractivity contribution in [2.75, 3.05) is 17.7 Å². The van der Waals surface area contributed by atoms with Crippen LogP contribution in [0.5, 0.6) is 5.75 Å². The van der Waals surface area contributed by atoms with Crippen LogP contribution >= 0.6 is 11.6 Å². The minimum Gasteiger partial charge on any atom is -0.496 e. The molecule has 7 nitrogen and oxygen atoms in total. The fourth-order valence-corrected chi connectivity index (χ4v) is 4.23. The molecule has 0 saturated heterocycles. The van der Waals surface area contributed by atoms with E-state index in [0.29, 0.717) is 34.1 Å². The molecule has 0 aliphatic carbocycles. The zero-order chi connectivity index (χ0) is 23.2. The van der Waals surface area contributed by atoms with E-state index >= 15 is 0 Å². The number of carbonyl (C=O) groups excluding carboxylic acids is 1. The van der Waals surface area contributed by atoms with Gasteiger partial charge in [-0.1, -0.05) is 50.6 Å². The Morgan fingerprint density at radius 3 is 2.41 bits per heavy atom. The molecule has 1 amide bonds. The number of fused-ring (bicyclic) bond motifs is 1. The van der Waals surface area contributed by atoms with Gasteiger partial charge in [0.2, 0.25) is 0 Å². The van der Waals surface area contributed by atoms with Crippen LogP contribution in [0.1, 0.15) is 48.3 Å². The minimum atomic E-state index is -0.637. The summed E-state index contributed by atoms with van der Waals surface area (Å²) in [5.74, 6) is 0.403. The Labute approximate surface area is 190 Å². The number of methoxy groups -OCH3 is 1. The smallest absolute Gasteiger partial charge is 0.254 e. The van der Waals surface area contributed by atoms with E-state index in [1.165, 1.54) is 0 Å². The molecule has 1 heterocycles. The highest BCUT2D eigenvalue weighted by molar-refractivity contribution is 6.32. The minimum absolute atomic E-state index is 0.128. The molecule has 0 fully saturated rings. The number of hydrogen-bond donors (Lipinski definition) is 3. The van der Waals surface area contributed by atoms with Gasteiger partial charge in [0.1, 0.15) is 17.1 Å². The number of hydrogen-bond acceptors (Lipinski definition) is 6. The van der Waals surface area contributed by atoms with E-state index < -0.39 is 10.9 Å². The van der Waals surface area contributed by atoms with E-state index in [2.05, 4.69) is 16.0 Å². The van der Waals surface area contributed by atoms with Crippen molar-refractivity contribution in [1.82, 2.24) is 5.32 Å². The molecule has 166 valence electrons. The first kappa shape index (κ1) is 21.9. The van der Waals surface area contributed by atoms with E-state index in [4.69, 9.17) is 16.3 Å². The molecule has 32 heavy (non-hydrogen) atoms. The van der Waals surface area contributed by atoms with Gasteiger partial charge in [-0.25, -0.2) is 0 Å². The van der Waals surface area contributed by atoms with Crippen LogP contribution in [-0.4, -0.2) is 13.0 Å². The van der Waals surface area contributed by atoms with Crippen molar-refractivity contribution in [1.29, 1.82) is 0 Å². The fourth-order valence-electron chi connectivity index (χ4n) is 4.01. The average molecular weight is 454 g/mol. The van der Waals surface area contributed by atoms with Crippen LogP contribution in [0.2, 0.25) is 5.02 Å². The summed E-state index contributed by atoms with van der Waals surface area (Å²) in [6.45, 7) is 6.42. The van der Waals surface area contributed by atoms with Crippen molar-refractivity contribution in [3.05, 3.63) is 78.6 Å². The van der Waals surface area contributed by atoms with Gasteiger partial charge in [-0.2, -0.15) is 0 Å². The molecule has 1 aliphatic heterocycles. The van der Waals surface area contributed by atoms with Crippen LogP contribution in [0.25, 0.3) is 0 Å². The summed E-state index contributed by atoms with van der Waals surface area (Å²) < 4.78 is 5.52. The maximum atomic E-state index is 12.5. The van der Waals surface area contributed by atoms with Gasteiger partial charge >= 0.3 is 0 Å². The van der Waals surface area contributed by atoms with Gasteiger partial charge in [-0.05, 0) is 23.6 Å². The zero-order valence-corrected chi connectivity index (χ0v) is 19.0. The molecule has 0 spiro atoms. The number of carbonyl (C=O) groups is 1. The summed E-state index contributed by atoms with van der Waals surface area (Å²) in [6, 6.07) is 10.5. The molecule has 3 aromatic carbocycles. The summed E-state index contributed by atoms with van der Waals surface area (Å²) in [4.78, 5) is 37.3. The molecule has 0 aromatic heterocycles. The fraction of sp³-hybridized carbons (Fsp3) is 0.292. The predicted molar refractivity (Wildman–Crippen MR) is 126 cm³/mol. The number of amides is 1. The quantitative estimate of drug-likeness (QED) is 0.485. The number of anilines is 3. The SMILES string of the molecule is COc1ccccc1C(Nc1c(Nc2ccc(Cl)c3c2C(=O)NC3)c(=O)c1=O)C(C)(C)C. The molecular formula is C24H24ClN3O4. The first-order valence-corrected chi connectivity index (χ1v) is 10.6. The molecular weight excluding hydrogens is 430 g/mol. The largest absolute Gasteiger partial charge is 0.496 e. The molecule has 1 atom stereocenters. The number of nitrogens with one attached hydrogen (secondary N) is 3. The molecule has 0 radical (unpaired) electrons. The number of benzene rings is 2. The Balaban J connectivity index is 1.73. The lowest BCUT2D eigenvalue weighted by molar-refractivity contribution is 0.0966. The van der Waals surface area contributed by atoms with Gasteiger partial charge in [0, 0.05) is 22.7 Å². The molecule has 0 bridgehead atoms. The van der Waals surface area contributed by atoms with E-state index in [-0.39, 0.29) is 28.7 Å². The van der Waals surface area contributed by atoms with E-state index in [1.807, 2.05) is 45.0 Å². The molecule has 3 aromatic rings. The summed E-state index contributed by atoms with van der Waals surface area (Å²) in [5.41, 5.74) is 1.10. The summed E-state index contributed by atoms with van der Waals surface area (Å²) in [6.07, 6.45) is 0. The molecule has 0 saturated carbocycles. The van der Waals surface area contributed by atoms with Crippen LogP contribution in [0, 0.1) is 5.41 Å². The Kier molecular flexibility index (Phi) is 5.46. The third-order valence-electron chi connectivity index (χ3n) is 5.68. The van der Waals surface area contributed by atoms with Crippen LogP contribution < -0.4 is 31.5 Å². The molecule has 1 aliphatic rings. The van der Waals surface area contributed by atoms with Crippen molar-refractivity contribution >= 4 is 34.6 Å². The third kappa shape index (κ3) is 3.62. The van der Waals surface area contributed by atoms with Crippen LogP contribution in [-0.2, 0) is 6.54 Å². The van der Waals surface area contributed by atoms with Crippen LogP contribution in [0.4, 0.5) is 17.1 Å².